The minimum atomic E-state index is -0.405. The maximum Gasteiger partial charge on any atom is 0.171 e. The second-order valence-corrected chi connectivity index (χ2v) is 4.84. The molecular weight excluding hydrogens is 301 g/mol. The molecule has 5 heteroatoms. The number of furan rings is 1. The Balaban J connectivity index is 2.21. The summed E-state index contributed by atoms with van der Waals surface area (Å²) < 4.78 is 24.5. The molecule has 1 aromatic carbocycles. The zero-order valence-corrected chi connectivity index (χ0v) is 11.4. The van der Waals surface area contributed by atoms with E-state index in [0.29, 0.717) is 16.0 Å². The van der Waals surface area contributed by atoms with Crippen LogP contribution in [0.3, 0.4) is 0 Å². The fourth-order valence-electron chi connectivity index (χ4n) is 1.57. The second-order valence-electron chi connectivity index (χ2n) is 3.99. The number of nitrogens with two attached hydrogens (primary N) is 1. The van der Waals surface area contributed by atoms with Crippen molar-refractivity contribution in [2.24, 2.45) is 5.73 Å². The third kappa shape index (κ3) is 2.91. The van der Waals surface area contributed by atoms with Gasteiger partial charge in [-0.3, -0.25) is 0 Å². The highest BCUT2D eigenvalue weighted by atomic mass is 79.9. The van der Waals surface area contributed by atoms with Crippen molar-refractivity contribution in [3.63, 3.8) is 0 Å². The molecule has 18 heavy (non-hydrogen) atoms. The van der Waals surface area contributed by atoms with Crippen molar-refractivity contribution >= 4 is 15.9 Å². The second kappa shape index (κ2) is 5.54. The van der Waals surface area contributed by atoms with E-state index < -0.39 is 6.10 Å². The van der Waals surface area contributed by atoms with E-state index in [-0.39, 0.29) is 11.9 Å². The van der Waals surface area contributed by atoms with E-state index in [1.165, 1.54) is 6.07 Å². The van der Waals surface area contributed by atoms with Crippen LogP contribution in [-0.2, 0) is 0 Å². The fraction of sp³-hybridized carbons (Fsp3) is 0.231. The molecule has 0 fully saturated rings. The Kier molecular flexibility index (Phi) is 4.04. The summed E-state index contributed by atoms with van der Waals surface area (Å²) in [6.45, 7) is 1.83. The van der Waals surface area contributed by atoms with Gasteiger partial charge in [-0.2, -0.15) is 0 Å². The van der Waals surface area contributed by atoms with E-state index >= 15 is 0 Å². The monoisotopic (exact) mass is 313 g/mol. The molecule has 0 spiro atoms. The number of ether oxygens (including phenoxy) is 1. The summed E-state index contributed by atoms with van der Waals surface area (Å²) in [7, 11) is 0. The van der Waals surface area contributed by atoms with Crippen molar-refractivity contribution in [2.45, 2.75) is 19.1 Å². The zero-order chi connectivity index (χ0) is 13.1. The Morgan fingerprint density at radius 3 is 2.72 bits per heavy atom. The van der Waals surface area contributed by atoms with E-state index in [0.717, 1.165) is 0 Å². The van der Waals surface area contributed by atoms with Crippen LogP contribution >= 0.6 is 15.9 Å². The number of hydrogen-bond donors (Lipinski definition) is 1. The minimum absolute atomic E-state index is 0.250. The molecule has 1 heterocycles. The quantitative estimate of drug-likeness (QED) is 0.937. The third-order valence-electron chi connectivity index (χ3n) is 2.46. The highest BCUT2D eigenvalue weighted by Gasteiger charge is 2.21. The third-order valence-corrected chi connectivity index (χ3v) is 3.06. The van der Waals surface area contributed by atoms with Crippen LogP contribution in [0, 0.1) is 5.82 Å². The highest BCUT2D eigenvalue weighted by molar-refractivity contribution is 9.10. The number of hydrogen-bond acceptors (Lipinski definition) is 3. The predicted octanol–water partition coefficient (Wildman–Crippen LogP) is 3.65. The first kappa shape index (κ1) is 13.1. The van der Waals surface area contributed by atoms with Gasteiger partial charge in [-0.15, -0.1) is 0 Å². The number of benzene rings is 1. The molecule has 2 unspecified atom stereocenters. The van der Waals surface area contributed by atoms with Crippen molar-refractivity contribution in [1.82, 2.24) is 0 Å². The largest absolute Gasteiger partial charge is 0.481 e. The normalized spacial score (nSPS) is 14.2. The summed E-state index contributed by atoms with van der Waals surface area (Å²) in [5.41, 5.74) is 5.87. The van der Waals surface area contributed by atoms with Gasteiger partial charge in [0.1, 0.15) is 17.3 Å². The predicted molar refractivity (Wildman–Crippen MR) is 69.8 cm³/mol. The first-order chi connectivity index (χ1) is 8.58. The molecule has 0 bridgehead atoms. The molecule has 0 radical (unpaired) electrons. The van der Waals surface area contributed by atoms with Crippen LogP contribution in [0.5, 0.6) is 5.75 Å². The summed E-state index contributed by atoms with van der Waals surface area (Å²) in [6, 6.07) is 7.77. The summed E-state index contributed by atoms with van der Waals surface area (Å²) in [5.74, 6) is 0.838. The van der Waals surface area contributed by atoms with E-state index in [1.807, 2.05) is 6.92 Å². The molecule has 0 aliphatic heterocycles. The molecule has 2 rings (SSSR count). The van der Waals surface area contributed by atoms with Crippen molar-refractivity contribution in [3.8, 4) is 5.75 Å². The summed E-state index contributed by atoms with van der Waals surface area (Å²) >= 11 is 3.11. The molecule has 2 atom stereocenters. The van der Waals surface area contributed by atoms with E-state index in [2.05, 4.69) is 15.9 Å². The Morgan fingerprint density at radius 1 is 1.39 bits per heavy atom. The van der Waals surface area contributed by atoms with Gasteiger partial charge in [-0.05, 0) is 53.2 Å². The zero-order valence-electron chi connectivity index (χ0n) is 9.77. The van der Waals surface area contributed by atoms with Gasteiger partial charge in [0.05, 0.1) is 10.7 Å². The lowest BCUT2D eigenvalue weighted by Crippen LogP contribution is -2.28. The Morgan fingerprint density at radius 2 is 2.17 bits per heavy atom. The van der Waals surface area contributed by atoms with E-state index in [1.54, 1.807) is 30.5 Å². The van der Waals surface area contributed by atoms with Crippen LogP contribution in [0.4, 0.5) is 4.39 Å². The summed E-state index contributed by atoms with van der Waals surface area (Å²) in [5, 5.41) is 0. The van der Waals surface area contributed by atoms with Gasteiger partial charge in [0.25, 0.3) is 0 Å². The number of halogens is 2. The van der Waals surface area contributed by atoms with Crippen LogP contribution in [0.1, 0.15) is 18.8 Å². The summed E-state index contributed by atoms with van der Waals surface area (Å²) in [4.78, 5) is 0. The van der Waals surface area contributed by atoms with Crippen LogP contribution < -0.4 is 10.5 Å². The van der Waals surface area contributed by atoms with Gasteiger partial charge in [0, 0.05) is 6.04 Å². The first-order valence-electron chi connectivity index (χ1n) is 5.48. The van der Waals surface area contributed by atoms with Crippen molar-refractivity contribution in [1.29, 1.82) is 0 Å². The molecule has 0 aliphatic rings. The van der Waals surface area contributed by atoms with Gasteiger partial charge in [-0.1, -0.05) is 0 Å². The van der Waals surface area contributed by atoms with Crippen molar-refractivity contribution < 1.29 is 13.5 Å². The smallest absolute Gasteiger partial charge is 0.171 e. The molecule has 2 aromatic rings. The first-order valence-corrected chi connectivity index (χ1v) is 6.28. The average molecular weight is 314 g/mol. The maximum atomic E-state index is 13.1. The molecule has 3 nitrogen and oxygen atoms in total. The Hall–Kier alpha value is -1.33. The molecular formula is C13H13BrFNO2. The SMILES string of the molecule is CC(N)C(Oc1ccc(F)c(Br)c1)c1ccco1. The molecule has 0 amide bonds. The van der Waals surface area contributed by atoms with Crippen LogP contribution in [0.2, 0.25) is 0 Å². The molecule has 2 N–H and O–H groups in total. The lowest BCUT2D eigenvalue weighted by Gasteiger charge is -2.20. The summed E-state index contributed by atoms with van der Waals surface area (Å²) in [6.07, 6.45) is 1.16. The van der Waals surface area contributed by atoms with Crippen LogP contribution in [0.15, 0.2) is 45.5 Å². The van der Waals surface area contributed by atoms with Gasteiger partial charge in [0.2, 0.25) is 0 Å². The van der Waals surface area contributed by atoms with Crippen LogP contribution in [-0.4, -0.2) is 6.04 Å². The van der Waals surface area contributed by atoms with Gasteiger partial charge in [-0.25, -0.2) is 4.39 Å². The highest BCUT2D eigenvalue weighted by Crippen LogP contribution is 2.27. The standard InChI is InChI=1S/C13H13BrFNO2/c1-8(16)13(12-3-2-6-17-12)18-9-4-5-11(15)10(14)7-9/h2-8,13H,16H2,1H3. The fourth-order valence-corrected chi connectivity index (χ4v) is 1.93. The minimum Gasteiger partial charge on any atom is -0.481 e. The lowest BCUT2D eigenvalue weighted by molar-refractivity contribution is 0.153. The van der Waals surface area contributed by atoms with E-state index in [9.17, 15) is 4.39 Å². The van der Waals surface area contributed by atoms with Gasteiger partial charge < -0.3 is 14.9 Å². The molecule has 0 saturated heterocycles. The van der Waals surface area contributed by atoms with Crippen molar-refractivity contribution in [2.75, 3.05) is 0 Å². The molecule has 1 aromatic heterocycles. The van der Waals surface area contributed by atoms with Crippen LogP contribution in [0.25, 0.3) is 0 Å². The lowest BCUT2D eigenvalue weighted by atomic mass is 10.1. The van der Waals surface area contributed by atoms with Gasteiger partial charge >= 0.3 is 0 Å². The average Bonchev–Trinajstić information content (AvgIpc) is 2.83. The Bertz CT molecular complexity index is 514. The van der Waals surface area contributed by atoms with Crippen molar-refractivity contribution in [3.05, 3.63) is 52.6 Å². The van der Waals surface area contributed by atoms with Gasteiger partial charge in [0.15, 0.2) is 6.10 Å². The molecule has 0 saturated carbocycles. The molecule has 0 aliphatic carbocycles. The topological polar surface area (TPSA) is 48.4 Å². The Labute approximate surface area is 113 Å². The number of rotatable bonds is 4. The molecule has 96 valence electrons. The maximum absolute atomic E-state index is 13.1. The van der Waals surface area contributed by atoms with E-state index in [4.69, 9.17) is 14.9 Å².